The second kappa shape index (κ2) is 7.88. The highest BCUT2D eigenvalue weighted by molar-refractivity contribution is 5.93. The Labute approximate surface area is 147 Å². The molecule has 1 aliphatic heterocycles. The van der Waals surface area contributed by atoms with Crippen LogP contribution in [-0.4, -0.2) is 36.2 Å². The Morgan fingerprint density at radius 1 is 1.24 bits per heavy atom. The van der Waals surface area contributed by atoms with Crippen molar-refractivity contribution in [1.29, 1.82) is 0 Å². The molecule has 0 aliphatic carbocycles. The maximum absolute atomic E-state index is 12.3. The zero-order chi connectivity index (χ0) is 17.6. The Hall–Kier alpha value is -2.76. The monoisotopic (exact) mass is 341 g/mol. The van der Waals surface area contributed by atoms with Crippen molar-refractivity contribution in [1.82, 2.24) is 9.88 Å². The van der Waals surface area contributed by atoms with E-state index in [0.29, 0.717) is 12.1 Å². The summed E-state index contributed by atoms with van der Waals surface area (Å²) in [6.45, 7) is 3.77. The number of amides is 1. The zero-order valence-electron chi connectivity index (χ0n) is 14.6. The Bertz CT molecular complexity index is 731. The minimum absolute atomic E-state index is 0.00303. The fraction of sp³-hybridized carbons (Fsp3) is 0.368. The van der Waals surface area contributed by atoms with Gasteiger partial charge in [-0.3, -0.25) is 4.79 Å². The number of rotatable bonds is 7. The van der Waals surface area contributed by atoms with Crippen molar-refractivity contribution in [3.63, 3.8) is 0 Å². The SMILES string of the molecule is CCCCN(C)C(=O)c1ccc(NCc2ccc3c(c2)OCO3)nc1. The molecule has 1 aliphatic rings. The minimum Gasteiger partial charge on any atom is -0.454 e. The molecule has 1 aromatic heterocycles. The van der Waals surface area contributed by atoms with Gasteiger partial charge in [-0.05, 0) is 36.2 Å². The molecular formula is C19H23N3O3. The molecule has 0 spiro atoms. The van der Waals surface area contributed by atoms with Gasteiger partial charge in [-0.1, -0.05) is 19.4 Å². The molecule has 25 heavy (non-hydrogen) atoms. The summed E-state index contributed by atoms with van der Waals surface area (Å²) in [4.78, 5) is 18.4. The molecule has 6 nitrogen and oxygen atoms in total. The Kier molecular flexibility index (Phi) is 5.38. The largest absolute Gasteiger partial charge is 0.454 e. The lowest BCUT2D eigenvalue weighted by Crippen LogP contribution is -2.27. The summed E-state index contributed by atoms with van der Waals surface area (Å²) in [5.41, 5.74) is 1.68. The molecule has 0 saturated carbocycles. The summed E-state index contributed by atoms with van der Waals surface area (Å²) in [6.07, 6.45) is 3.69. The van der Waals surface area contributed by atoms with E-state index in [9.17, 15) is 4.79 Å². The first-order chi connectivity index (χ1) is 12.2. The smallest absolute Gasteiger partial charge is 0.255 e. The number of benzene rings is 1. The van der Waals surface area contributed by atoms with E-state index in [0.717, 1.165) is 42.3 Å². The van der Waals surface area contributed by atoms with Crippen LogP contribution in [0.3, 0.4) is 0 Å². The van der Waals surface area contributed by atoms with Crippen molar-refractivity contribution in [3.8, 4) is 11.5 Å². The van der Waals surface area contributed by atoms with Crippen LogP contribution in [0.5, 0.6) is 11.5 Å². The van der Waals surface area contributed by atoms with E-state index in [2.05, 4.69) is 17.2 Å². The normalized spacial score (nSPS) is 12.1. The molecule has 3 rings (SSSR count). The lowest BCUT2D eigenvalue weighted by atomic mass is 10.2. The second-order valence-electron chi connectivity index (χ2n) is 6.05. The number of nitrogens with zero attached hydrogens (tertiary/aromatic N) is 2. The van der Waals surface area contributed by atoms with E-state index in [-0.39, 0.29) is 12.7 Å². The van der Waals surface area contributed by atoms with Crippen LogP contribution in [0.4, 0.5) is 5.82 Å². The molecule has 0 unspecified atom stereocenters. The topological polar surface area (TPSA) is 63.7 Å². The van der Waals surface area contributed by atoms with Gasteiger partial charge in [-0.15, -0.1) is 0 Å². The van der Waals surface area contributed by atoms with Gasteiger partial charge in [-0.25, -0.2) is 4.98 Å². The molecule has 132 valence electrons. The fourth-order valence-electron chi connectivity index (χ4n) is 2.59. The van der Waals surface area contributed by atoms with Crippen molar-refractivity contribution < 1.29 is 14.3 Å². The molecule has 6 heteroatoms. The van der Waals surface area contributed by atoms with E-state index < -0.39 is 0 Å². The van der Waals surface area contributed by atoms with Gasteiger partial charge in [0.2, 0.25) is 6.79 Å². The second-order valence-corrected chi connectivity index (χ2v) is 6.05. The molecule has 1 amide bonds. The predicted molar refractivity (Wildman–Crippen MR) is 96.0 cm³/mol. The van der Waals surface area contributed by atoms with Gasteiger partial charge in [0.25, 0.3) is 5.91 Å². The van der Waals surface area contributed by atoms with E-state index in [4.69, 9.17) is 9.47 Å². The van der Waals surface area contributed by atoms with Crippen LogP contribution in [0.2, 0.25) is 0 Å². The lowest BCUT2D eigenvalue weighted by Gasteiger charge is -2.16. The molecule has 2 heterocycles. The van der Waals surface area contributed by atoms with Crippen LogP contribution in [-0.2, 0) is 6.54 Å². The van der Waals surface area contributed by atoms with Gasteiger partial charge in [0.1, 0.15) is 5.82 Å². The molecule has 0 fully saturated rings. The maximum Gasteiger partial charge on any atom is 0.255 e. The van der Waals surface area contributed by atoms with Gasteiger partial charge in [0, 0.05) is 26.3 Å². The number of nitrogens with one attached hydrogen (secondary N) is 1. The van der Waals surface area contributed by atoms with Gasteiger partial charge in [0.15, 0.2) is 11.5 Å². The predicted octanol–water partition coefficient (Wildman–Crippen LogP) is 3.29. The number of aromatic nitrogens is 1. The number of fused-ring (bicyclic) bond motifs is 1. The quantitative estimate of drug-likeness (QED) is 0.837. The van der Waals surface area contributed by atoms with Crippen molar-refractivity contribution in [2.45, 2.75) is 26.3 Å². The number of carbonyl (C=O) groups is 1. The third-order valence-corrected chi connectivity index (χ3v) is 4.11. The van der Waals surface area contributed by atoms with Crippen LogP contribution in [0.25, 0.3) is 0 Å². The first kappa shape index (κ1) is 17.1. The summed E-state index contributed by atoms with van der Waals surface area (Å²) >= 11 is 0. The molecule has 2 aromatic rings. The van der Waals surface area contributed by atoms with Crippen LogP contribution < -0.4 is 14.8 Å². The maximum atomic E-state index is 12.3. The summed E-state index contributed by atoms with van der Waals surface area (Å²) in [7, 11) is 1.82. The van der Waals surface area contributed by atoms with E-state index >= 15 is 0 Å². The summed E-state index contributed by atoms with van der Waals surface area (Å²) < 4.78 is 10.7. The number of hydrogen-bond acceptors (Lipinski definition) is 5. The first-order valence-corrected chi connectivity index (χ1v) is 8.51. The Morgan fingerprint density at radius 2 is 2.08 bits per heavy atom. The number of carbonyl (C=O) groups excluding carboxylic acids is 1. The Morgan fingerprint density at radius 3 is 2.84 bits per heavy atom. The number of unbranched alkanes of at least 4 members (excludes halogenated alkanes) is 1. The lowest BCUT2D eigenvalue weighted by molar-refractivity contribution is 0.0793. The third-order valence-electron chi connectivity index (χ3n) is 4.11. The van der Waals surface area contributed by atoms with Crippen LogP contribution in [0.1, 0.15) is 35.7 Å². The average molecular weight is 341 g/mol. The van der Waals surface area contributed by atoms with E-state index in [1.54, 1.807) is 17.2 Å². The molecule has 0 radical (unpaired) electrons. The molecule has 0 bridgehead atoms. The number of hydrogen-bond donors (Lipinski definition) is 1. The number of ether oxygens (including phenoxy) is 2. The van der Waals surface area contributed by atoms with Crippen LogP contribution >= 0.6 is 0 Å². The molecule has 1 N–H and O–H groups in total. The van der Waals surface area contributed by atoms with Gasteiger partial charge >= 0.3 is 0 Å². The summed E-state index contributed by atoms with van der Waals surface area (Å²) in [5.74, 6) is 2.27. The van der Waals surface area contributed by atoms with E-state index in [1.165, 1.54) is 0 Å². The zero-order valence-corrected chi connectivity index (χ0v) is 14.6. The molecule has 1 aromatic carbocycles. The van der Waals surface area contributed by atoms with Crippen molar-refractivity contribution in [2.24, 2.45) is 0 Å². The van der Waals surface area contributed by atoms with Crippen molar-refractivity contribution in [3.05, 3.63) is 47.7 Å². The minimum atomic E-state index is 0.00303. The summed E-state index contributed by atoms with van der Waals surface area (Å²) in [6, 6.07) is 9.48. The van der Waals surface area contributed by atoms with Crippen molar-refractivity contribution >= 4 is 11.7 Å². The Balaban J connectivity index is 1.56. The molecule has 0 atom stereocenters. The number of anilines is 1. The van der Waals surface area contributed by atoms with Gasteiger partial charge < -0.3 is 19.7 Å². The first-order valence-electron chi connectivity index (χ1n) is 8.51. The van der Waals surface area contributed by atoms with Gasteiger partial charge in [-0.2, -0.15) is 0 Å². The van der Waals surface area contributed by atoms with Crippen molar-refractivity contribution in [2.75, 3.05) is 25.7 Å². The fourth-order valence-corrected chi connectivity index (χ4v) is 2.59. The highest BCUT2D eigenvalue weighted by atomic mass is 16.7. The molecular weight excluding hydrogens is 318 g/mol. The summed E-state index contributed by atoms with van der Waals surface area (Å²) in [5, 5.41) is 3.25. The van der Waals surface area contributed by atoms with E-state index in [1.807, 2.05) is 31.3 Å². The standard InChI is InChI=1S/C19H23N3O3/c1-3-4-9-22(2)19(23)15-6-8-18(21-12-15)20-11-14-5-7-16-17(10-14)25-13-24-16/h5-8,10,12H,3-4,9,11,13H2,1-2H3,(H,20,21). The van der Waals surface area contributed by atoms with Gasteiger partial charge in [0.05, 0.1) is 5.56 Å². The number of pyridine rings is 1. The highest BCUT2D eigenvalue weighted by Gasteiger charge is 2.13. The highest BCUT2D eigenvalue weighted by Crippen LogP contribution is 2.32. The third kappa shape index (κ3) is 4.21. The molecule has 0 saturated heterocycles. The average Bonchev–Trinajstić information content (AvgIpc) is 3.12. The van der Waals surface area contributed by atoms with Crippen LogP contribution in [0, 0.1) is 0 Å². The van der Waals surface area contributed by atoms with Crippen LogP contribution in [0.15, 0.2) is 36.5 Å².